The van der Waals surface area contributed by atoms with E-state index in [-0.39, 0.29) is 12.2 Å². The molecule has 0 fully saturated rings. The summed E-state index contributed by atoms with van der Waals surface area (Å²) < 4.78 is 4.43. The number of pyridine rings is 1. The van der Waals surface area contributed by atoms with Crippen LogP contribution in [0.4, 0.5) is 0 Å². The van der Waals surface area contributed by atoms with E-state index in [9.17, 15) is 9.59 Å². The molecule has 6 heteroatoms. The zero-order chi connectivity index (χ0) is 13.8. The largest absolute Gasteiger partial charge is 0.468 e. The molecule has 1 heterocycles. The number of benzene rings is 1. The zero-order valence-corrected chi connectivity index (χ0v) is 10.9. The summed E-state index contributed by atoms with van der Waals surface area (Å²) in [7, 11) is 1.25. The zero-order valence-electron chi connectivity index (χ0n) is 10.1. The average Bonchev–Trinajstić information content (AvgIpc) is 2.44. The summed E-state index contributed by atoms with van der Waals surface area (Å²) in [6, 6.07) is 8.70. The fourth-order valence-corrected chi connectivity index (χ4v) is 1.83. The van der Waals surface area contributed by atoms with Gasteiger partial charge in [0, 0.05) is 5.39 Å². The van der Waals surface area contributed by atoms with E-state index in [4.69, 9.17) is 11.6 Å². The van der Waals surface area contributed by atoms with E-state index in [1.807, 2.05) is 18.2 Å². The fourth-order valence-electron chi connectivity index (χ4n) is 1.56. The minimum absolute atomic E-state index is 0.160. The molecule has 0 aliphatic heterocycles. The molecule has 0 radical (unpaired) electrons. The van der Waals surface area contributed by atoms with Crippen molar-refractivity contribution in [3.05, 3.63) is 41.0 Å². The van der Waals surface area contributed by atoms with E-state index < -0.39 is 11.9 Å². The molecule has 0 aliphatic rings. The van der Waals surface area contributed by atoms with E-state index in [2.05, 4.69) is 15.0 Å². The van der Waals surface area contributed by atoms with Gasteiger partial charge in [-0.2, -0.15) is 0 Å². The quantitative estimate of drug-likeness (QED) is 0.869. The maximum Gasteiger partial charge on any atom is 0.325 e. The van der Waals surface area contributed by atoms with E-state index in [0.717, 1.165) is 5.39 Å². The topological polar surface area (TPSA) is 68.3 Å². The highest BCUT2D eigenvalue weighted by molar-refractivity contribution is 6.35. The molecule has 0 aliphatic carbocycles. The number of carbonyl (C=O) groups excluding carboxylic acids is 2. The van der Waals surface area contributed by atoms with E-state index >= 15 is 0 Å². The van der Waals surface area contributed by atoms with Gasteiger partial charge in [-0.15, -0.1) is 0 Å². The third-order valence-corrected chi connectivity index (χ3v) is 2.83. The number of halogens is 1. The molecular formula is C13H11ClN2O3. The minimum Gasteiger partial charge on any atom is -0.468 e. The number of methoxy groups -OCH3 is 1. The molecule has 19 heavy (non-hydrogen) atoms. The Labute approximate surface area is 114 Å². The van der Waals surface area contributed by atoms with Gasteiger partial charge in [0.15, 0.2) is 0 Å². The van der Waals surface area contributed by atoms with Crippen LogP contribution in [0.15, 0.2) is 30.3 Å². The lowest BCUT2D eigenvalue weighted by Gasteiger charge is -2.06. The Balaban J connectivity index is 2.25. The number of rotatable bonds is 3. The summed E-state index contributed by atoms with van der Waals surface area (Å²) in [4.78, 5) is 27.0. The van der Waals surface area contributed by atoms with Gasteiger partial charge in [0.2, 0.25) is 0 Å². The van der Waals surface area contributed by atoms with Crippen LogP contribution in [0.5, 0.6) is 0 Å². The number of fused-ring (bicyclic) bond motifs is 1. The molecular weight excluding hydrogens is 268 g/mol. The van der Waals surface area contributed by atoms with Crippen LogP contribution >= 0.6 is 11.6 Å². The summed E-state index contributed by atoms with van der Waals surface area (Å²) in [5, 5.41) is 3.62. The molecule has 2 aromatic rings. The maximum atomic E-state index is 11.8. The fraction of sp³-hybridized carbons (Fsp3) is 0.154. The summed E-state index contributed by atoms with van der Waals surface area (Å²) in [6.45, 7) is -0.207. The number of nitrogens with one attached hydrogen (secondary N) is 1. The second kappa shape index (κ2) is 5.67. The van der Waals surface area contributed by atoms with E-state index in [1.165, 1.54) is 13.2 Å². The van der Waals surface area contributed by atoms with Crippen molar-refractivity contribution in [2.75, 3.05) is 13.7 Å². The van der Waals surface area contributed by atoms with Crippen molar-refractivity contribution in [3.8, 4) is 0 Å². The second-order valence-electron chi connectivity index (χ2n) is 3.77. The molecule has 0 bridgehead atoms. The molecule has 1 aromatic heterocycles. The standard InChI is InChI=1S/C13H11ClN2O3/c1-19-12(17)7-15-13(18)11-6-9(14)8-4-2-3-5-10(8)16-11/h2-6H,7H2,1H3,(H,15,18). The van der Waals surface area contributed by atoms with Crippen LogP contribution in [0, 0.1) is 0 Å². The smallest absolute Gasteiger partial charge is 0.325 e. The first-order valence-corrected chi connectivity index (χ1v) is 5.90. The number of nitrogens with zero attached hydrogens (tertiary/aromatic N) is 1. The normalized spacial score (nSPS) is 10.2. The van der Waals surface area contributed by atoms with E-state index in [1.54, 1.807) is 6.07 Å². The van der Waals surface area contributed by atoms with Gasteiger partial charge in [-0.1, -0.05) is 29.8 Å². The molecule has 0 saturated carbocycles. The first-order chi connectivity index (χ1) is 9.11. The van der Waals surface area contributed by atoms with Crippen LogP contribution < -0.4 is 5.32 Å². The number of hydrogen-bond donors (Lipinski definition) is 1. The Morgan fingerprint density at radius 1 is 1.37 bits per heavy atom. The summed E-state index contributed by atoms with van der Waals surface area (Å²) in [5.41, 5.74) is 0.783. The monoisotopic (exact) mass is 278 g/mol. The molecule has 1 N–H and O–H groups in total. The summed E-state index contributed by atoms with van der Waals surface area (Å²) in [6.07, 6.45) is 0. The van der Waals surface area contributed by atoms with Gasteiger partial charge in [-0.25, -0.2) is 4.98 Å². The second-order valence-corrected chi connectivity index (χ2v) is 4.17. The number of amides is 1. The van der Waals surface area contributed by atoms with Crippen molar-refractivity contribution >= 4 is 34.4 Å². The van der Waals surface area contributed by atoms with Gasteiger partial charge in [0.05, 0.1) is 17.6 Å². The van der Waals surface area contributed by atoms with Crippen molar-refractivity contribution < 1.29 is 14.3 Å². The van der Waals surface area contributed by atoms with Crippen LogP contribution in [-0.2, 0) is 9.53 Å². The summed E-state index contributed by atoms with van der Waals surface area (Å²) in [5.74, 6) is -1.00. The van der Waals surface area contributed by atoms with Crippen LogP contribution in [0.2, 0.25) is 5.02 Å². The highest BCUT2D eigenvalue weighted by Crippen LogP contribution is 2.22. The molecule has 5 nitrogen and oxygen atoms in total. The Bertz CT molecular complexity index is 643. The average molecular weight is 279 g/mol. The first-order valence-electron chi connectivity index (χ1n) is 5.52. The highest BCUT2D eigenvalue weighted by atomic mass is 35.5. The number of aromatic nitrogens is 1. The van der Waals surface area contributed by atoms with Gasteiger partial charge < -0.3 is 10.1 Å². The third kappa shape index (κ3) is 3.00. The van der Waals surface area contributed by atoms with Gasteiger partial charge in [0.25, 0.3) is 5.91 Å². The van der Waals surface area contributed by atoms with E-state index in [0.29, 0.717) is 10.5 Å². The Kier molecular flexibility index (Phi) is 3.97. The first kappa shape index (κ1) is 13.3. The van der Waals surface area contributed by atoms with Gasteiger partial charge in [-0.3, -0.25) is 9.59 Å². The van der Waals surface area contributed by atoms with Crippen LogP contribution in [-0.4, -0.2) is 30.5 Å². The maximum absolute atomic E-state index is 11.8. The van der Waals surface area contributed by atoms with Crippen molar-refractivity contribution in [2.45, 2.75) is 0 Å². The number of esters is 1. The molecule has 1 amide bonds. The predicted octanol–water partition coefficient (Wildman–Crippen LogP) is 1.79. The number of ether oxygens (including phenoxy) is 1. The Morgan fingerprint density at radius 2 is 2.11 bits per heavy atom. The Hall–Kier alpha value is -2.14. The molecule has 0 saturated heterocycles. The number of hydrogen-bond acceptors (Lipinski definition) is 4. The van der Waals surface area contributed by atoms with Gasteiger partial charge in [0.1, 0.15) is 12.2 Å². The minimum atomic E-state index is -0.528. The Morgan fingerprint density at radius 3 is 2.84 bits per heavy atom. The molecule has 0 unspecified atom stereocenters. The molecule has 2 rings (SSSR count). The van der Waals surface area contributed by atoms with Gasteiger partial charge in [-0.05, 0) is 12.1 Å². The molecule has 0 spiro atoms. The highest BCUT2D eigenvalue weighted by Gasteiger charge is 2.12. The van der Waals surface area contributed by atoms with Crippen molar-refractivity contribution in [3.63, 3.8) is 0 Å². The SMILES string of the molecule is COC(=O)CNC(=O)c1cc(Cl)c2ccccc2n1. The van der Waals surface area contributed by atoms with Crippen molar-refractivity contribution in [2.24, 2.45) is 0 Å². The van der Waals surface area contributed by atoms with Crippen LogP contribution in [0.25, 0.3) is 10.9 Å². The lowest BCUT2D eigenvalue weighted by atomic mass is 10.2. The lowest BCUT2D eigenvalue weighted by molar-refractivity contribution is -0.139. The number of para-hydroxylation sites is 1. The lowest BCUT2D eigenvalue weighted by Crippen LogP contribution is -2.30. The van der Waals surface area contributed by atoms with Crippen molar-refractivity contribution in [1.82, 2.24) is 10.3 Å². The number of carbonyl (C=O) groups is 2. The predicted molar refractivity (Wildman–Crippen MR) is 71.1 cm³/mol. The van der Waals surface area contributed by atoms with Crippen molar-refractivity contribution in [1.29, 1.82) is 0 Å². The van der Waals surface area contributed by atoms with Crippen LogP contribution in [0.1, 0.15) is 10.5 Å². The van der Waals surface area contributed by atoms with Crippen LogP contribution in [0.3, 0.4) is 0 Å². The molecule has 1 aromatic carbocycles. The third-order valence-electron chi connectivity index (χ3n) is 2.52. The summed E-state index contributed by atoms with van der Waals surface area (Å²) >= 11 is 6.08. The van der Waals surface area contributed by atoms with Gasteiger partial charge >= 0.3 is 5.97 Å². The molecule has 98 valence electrons. The molecule has 0 atom stereocenters.